The molecule has 0 unspecified atom stereocenters. The first-order valence-electron chi connectivity index (χ1n) is 12.2. The summed E-state index contributed by atoms with van der Waals surface area (Å²) in [7, 11) is 2.21. The van der Waals surface area contributed by atoms with Gasteiger partial charge in [-0.2, -0.15) is 0 Å². The lowest BCUT2D eigenvalue weighted by atomic mass is 9.76. The number of aryl methyl sites for hydroxylation is 1. The number of quaternary nitrogens is 1. The number of hydrogen-bond donors (Lipinski definition) is 1. The number of fused-ring (bicyclic) bond motifs is 2. The minimum atomic E-state index is -0.290. The number of ether oxygens (including phenoxy) is 1. The number of nitrogens with one attached hydrogen (secondary N) is 1. The summed E-state index contributed by atoms with van der Waals surface area (Å²) < 4.78 is 6.67. The second-order valence-corrected chi connectivity index (χ2v) is 11.7. The van der Waals surface area contributed by atoms with Gasteiger partial charge in [-0.25, -0.2) is 4.99 Å². The number of benzene rings is 1. The molecule has 184 valence electrons. The summed E-state index contributed by atoms with van der Waals surface area (Å²) in [6.45, 7) is 8.33. The molecule has 3 heterocycles. The number of piperazine rings is 1. The third kappa shape index (κ3) is 5.14. The van der Waals surface area contributed by atoms with Crippen LogP contribution in [0.1, 0.15) is 49.5 Å². The van der Waals surface area contributed by atoms with Crippen LogP contribution in [0.4, 0.5) is 16.4 Å². The molecule has 0 atom stereocenters. The van der Waals surface area contributed by atoms with Crippen molar-refractivity contribution in [3.8, 4) is 0 Å². The lowest BCUT2D eigenvalue weighted by molar-refractivity contribution is -0.929. The molecule has 1 saturated heterocycles. The van der Waals surface area contributed by atoms with E-state index in [1.807, 2.05) is 12.1 Å². The van der Waals surface area contributed by atoms with Crippen LogP contribution < -0.4 is 29.3 Å². The van der Waals surface area contributed by atoms with Gasteiger partial charge in [0.1, 0.15) is 10.8 Å². The molecule has 3 aliphatic rings. The third-order valence-electron chi connectivity index (χ3n) is 7.55. The van der Waals surface area contributed by atoms with Gasteiger partial charge in [-0.15, -0.1) is 11.3 Å². The van der Waals surface area contributed by atoms with E-state index in [1.165, 1.54) is 16.9 Å². The lowest BCUT2D eigenvalue weighted by Gasteiger charge is -2.42. The topological polar surface area (TPSA) is 53.9 Å². The number of hydrogen-bond acceptors (Lipinski definition) is 6. The number of para-hydroxylation sites is 2. The van der Waals surface area contributed by atoms with Crippen molar-refractivity contribution in [2.45, 2.75) is 46.0 Å². The van der Waals surface area contributed by atoms with E-state index < -0.39 is 0 Å². The maximum Gasteiger partial charge on any atom is 0.316 e. The van der Waals surface area contributed by atoms with Gasteiger partial charge in [-0.05, 0) is 44.9 Å². The van der Waals surface area contributed by atoms with Crippen molar-refractivity contribution in [3.63, 3.8) is 0 Å². The van der Waals surface area contributed by atoms with Gasteiger partial charge in [0.2, 0.25) is 6.73 Å². The van der Waals surface area contributed by atoms with Crippen LogP contribution in [0.2, 0.25) is 0 Å². The van der Waals surface area contributed by atoms with Gasteiger partial charge in [-0.3, -0.25) is 9.28 Å². The van der Waals surface area contributed by atoms with E-state index in [0.717, 1.165) is 78.6 Å². The van der Waals surface area contributed by atoms with Crippen LogP contribution >= 0.6 is 11.3 Å². The number of nitrogens with zero attached hydrogens (tertiary/aromatic N) is 3. The van der Waals surface area contributed by atoms with Gasteiger partial charge >= 0.3 is 5.97 Å². The molecule has 8 heteroatoms. The molecule has 5 rings (SSSR count). The normalized spacial score (nSPS) is 20.6. The smallest absolute Gasteiger partial charge is 0.316 e. The van der Waals surface area contributed by atoms with Crippen molar-refractivity contribution in [1.29, 1.82) is 0 Å². The van der Waals surface area contributed by atoms with Crippen LogP contribution in [-0.4, -0.2) is 61.1 Å². The highest BCUT2D eigenvalue weighted by Crippen LogP contribution is 2.40. The first-order valence-corrected chi connectivity index (χ1v) is 13.0. The Hall–Kier alpha value is -1.65. The maximum absolute atomic E-state index is 12.8. The van der Waals surface area contributed by atoms with Gasteiger partial charge in [0.05, 0.1) is 55.6 Å². The fourth-order valence-corrected chi connectivity index (χ4v) is 6.12. The van der Waals surface area contributed by atoms with Gasteiger partial charge in [0.25, 0.3) is 0 Å². The summed E-state index contributed by atoms with van der Waals surface area (Å²) in [5.41, 5.74) is 2.92. The average molecular weight is 595 g/mol. The summed E-state index contributed by atoms with van der Waals surface area (Å²) in [5.74, 6) is 1.04. The van der Waals surface area contributed by atoms with Gasteiger partial charge in [0.15, 0.2) is 0 Å². The highest BCUT2D eigenvalue weighted by molar-refractivity contribution is 7.16. The standard InChI is InChI=1S/C26H35N4O2S.HI/c1-19-17-20-23(27-21-9-5-6-10-22(21)28-24(20)33-19)29-13-15-30(3,16-14-29)18-32-25(31)26(2)11-7-4-8-12-26;/h5-6,9-10,17,28H,4,7-8,11-16,18H2,1-3H3;1H/q+1;/p-1. The minimum Gasteiger partial charge on any atom is -1.00 e. The number of rotatable bonds is 3. The quantitative estimate of drug-likeness (QED) is 0.337. The highest BCUT2D eigenvalue weighted by Gasteiger charge is 2.39. The van der Waals surface area contributed by atoms with Crippen molar-refractivity contribution < 1.29 is 38.0 Å². The van der Waals surface area contributed by atoms with Crippen molar-refractivity contribution in [2.24, 2.45) is 10.4 Å². The minimum absolute atomic E-state index is 0. The summed E-state index contributed by atoms with van der Waals surface area (Å²) in [4.78, 5) is 21.6. The maximum atomic E-state index is 12.8. The largest absolute Gasteiger partial charge is 1.00 e. The Labute approximate surface area is 224 Å². The Balaban J connectivity index is 0.00000274. The third-order valence-corrected chi connectivity index (χ3v) is 8.52. The van der Waals surface area contributed by atoms with Crippen LogP contribution in [0.15, 0.2) is 35.3 Å². The van der Waals surface area contributed by atoms with E-state index in [-0.39, 0.29) is 35.4 Å². The summed E-state index contributed by atoms with van der Waals surface area (Å²) in [6, 6.07) is 10.5. The number of carbonyl (C=O) groups is 1. The first-order chi connectivity index (χ1) is 15.9. The Morgan fingerprint density at radius 2 is 1.91 bits per heavy atom. The summed E-state index contributed by atoms with van der Waals surface area (Å²) in [6.07, 6.45) is 5.43. The van der Waals surface area contributed by atoms with E-state index in [1.54, 1.807) is 11.3 Å². The number of carbonyl (C=O) groups excluding carboxylic acids is 1. The number of likely N-dealkylation sites (N-methyl/N-ethyl adjacent to an activating group) is 1. The van der Waals surface area contributed by atoms with E-state index in [4.69, 9.17) is 9.73 Å². The second-order valence-electron chi connectivity index (χ2n) is 10.4. The molecule has 1 saturated carbocycles. The number of aliphatic imine (C=N–C) groups is 1. The zero-order chi connectivity index (χ0) is 23.1. The monoisotopic (exact) mass is 594 g/mol. The van der Waals surface area contributed by atoms with Crippen molar-refractivity contribution in [2.75, 3.05) is 45.3 Å². The Morgan fingerprint density at radius 3 is 2.65 bits per heavy atom. The fraction of sp³-hybridized carbons (Fsp3) is 0.538. The van der Waals surface area contributed by atoms with Crippen molar-refractivity contribution in [3.05, 3.63) is 40.8 Å². The van der Waals surface area contributed by atoms with Crippen LogP contribution in [0.25, 0.3) is 0 Å². The Morgan fingerprint density at radius 1 is 1.21 bits per heavy atom. The van der Waals surface area contributed by atoms with Crippen LogP contribution in [0, 0.1) is 12.3 Å². The molecule has 1 aromatic carbocycles. The summed E-state index contributed by atoms with van der Waals surface area (Å²) in [5, 5.41) is 4.75. The van der Waals surface area contributed by atoms with E-state index in [0.29, 0.717) is 6.73 Å². The molecule has 0 bridgehead atoms. The predicted molar refractivity (Wildman–Crippen MR) is 135 cm³/mol. The molecule has 1 N–H and O–H groups in total. The number of thiophene rings is 1. The molecule has 2 aliphatic heterocycles. The lowest BCUT2D eigenvalue weighted by Crippen LogP contribution is -3.00. The molecule has 0 spiro atoms. The zero-order valence-corrected chi connectivity index (χ0v) is 23.4. The highest BCUT2D eigenvalue weighted by atomic mass is 127. The summed E-state index contributed by atoms with van der Waals surface area (Å²) >= 11 is 1.78. The molecule has 0 radical (unpaired) electrons. The van der Waals surface area contributed by atoms with E-state index in [2.05, 4.69) is 49.3 Å². The predicted octanol–water partition coefficient (Wildman–Crippen LogP) is 2.43. The molecule has 34 heavy (non-hydrogen) atoms. The molecular weight excluding hydrogens is 559 g/mol. The second kappa shape index (κ2) is 10.1. The molecule has 1 aliphatic carbocycles. The van der Waals surface area contributed by atoms with Gasteiger partial charge < -0.3 is 38.9 Å². The van der Waals surface area contributed by atoms with E-state index in [9.17, 15) is 4.79 Å². The van der Waals surface area contributed by atoms with Crippen LogP contribution in [0.3, 0.4) is 0 Å². The fourth-order valence-electron chi connectivity index (χ4n) is 5.20. The Kier molecular flexibility index (Phi) is 7.59. The number of amidine groups is 1. The van der Waals surface area contributed by atoms with Crippen LogP contribution in [0.5, 0.6) is 0 Å². The number of halogens is 1. The SMILES string of the molecule is Cc1cc2c(s1)Nc1ccccc1N=C2N1CC[N+](C)(COC(=O)C2(C)CCCCC2)CC1.[I-]. The van der Waals surface area contributed by atoms with Crippen LogP contribution in [-0.2, 0) is 9.53 Å². The van der Waals surface area contributed by atoms with Crippen molar-refractivity contribution >= 4 is 39.5 Å². The zero-order valence-electron chi connectivity index (χ0n) is 20.4. The number of esters is 1. The first kappa shape index (κ1) is 25.4. The molecule has 1 aromatic heterocycles. The molecule has 6 nitrogen and oxygen atoms in total. The number of anilines is 2. The molecule has 2 aromatic rings. The average Bonchev–Trinajstić information content (AvgIpc) is 3.10. The van der Waals surface area contributed by atoms with Crippen molar-refractivity contribution in [1.82, 2.24) is 4.90 Å². The Bertz CT molecular complexity index is 1070. The van der Waals surface area contributed by atoms with E-state index >= 15 is 0 Å². The van der Waals surface area contributed by atoms with Gasteiger partial charge in [0, 0.05) is 4.88 Å². The molecule has 2 fully saturated rings. The molecule has 0 amide bonds. The van der Waals surface area contributed by atoms with Gasteiger partial charge in [-0.1, -0.05) is 31.4 Å². The molecular formula is C26H35IN4O2S.